The van der Waals surface area contributed by atoms with Gasteiger partial charge in [0, 0.05) is 28.6 Å². The van der Waals surface area contributed by atoms with Gasteiger partial charge in [-0.2, -0.15) is 0 Å². The number of hydrogen-bond acceptors (Lipinski definition) is 5. The van der Waals surface area contributed by atoms with Crippen LogP contribution in [0.25, 0.3) is 11.0 Å². The molecule has 3 rings (SSSR count). The molecule has 3 aromatic rings. The van der Waals surface area contributed by atoms with Crippen molar-refractivity contribution in [2.24, 2.45) is 0 Å². The number of nitrogens with zero attached hydrogens (tertiary/aromatic N) is 1. The van der Waals surface area contributed by atoms with E-state index in [1.54, 1.807) is 24.3 Å². The summed E-state index contributed by atoms with van der Waals surface area (Å²) in [6.45, 7) is -0.188. The largest absolute Gasteiger partial charge is 0.468 e. The van der Waals surface area contributed by atoms with Crippen molar-refractivity contribution in [3.63, 3.8) is 0 Å². The Hall–Kier alpha value is -2.80. The highest BCUT2D eigenvalue weighted by atomic mass is 32.2. The van der Waals surface area contributed by atoms with Crippen molar-refractivity contribution in [2.75, 3.05) is 20.7 Å². The topological polar surface area (TPSA) is 59.8 Å². The quantitative estimate of drug-likeness (QED) is 0.471. The third-order valence-electron chi connectivity index (χ3n) is 4.04. The minimum atomic E-state index is -0.524. The van der Waals surface area contributed by atoms with E-state index in [2.05, 4.69) is 4.74 Å². The number of halogens is 1. The first kappa shape index (κ1) is 19.0. The molecule has 5 nitrogen and oxygen atoms in total. The second-order valence-corrected chi connectivity index (χ2v) is 6.88. The molecule has 27 heavy (non-hydrogen) atoms. The van der Waals surface area contributed by atoms with Crippen LogP contribution in [0.4, 0.5) is 4.39 Å². The van der Waals surface area contributed by atoms with Gasteiger partial charge in [-0.25, -0.2) is 4.39 Å². The fourth-order valence-corrected chi connectivity index (χ4v) is 3.60. The van der Waals surface area contributed by atoms with Crippen molar-refractivity contribution in [3.8, 4) is 0 Å². The smallest absolute Gasteiger partial charge is 0.325 e. The first-order valence-electron chi connectivity index (χ1n) is 8.21. The summed E-state index contributed by atoms with van der Waals surface area (Å²) in [4.78, 5) is 26.0. The van der Waals surface area contributed by atoms with Crippen LogP contribution in [-0.2, 0) is 15.3 Å². The number of methoxy groups -OCH3 is 1. The van der Waals surface area contributed by atoms with Crippen LogP contribution in [0.2, 0.25) is 0 Å². The lowest BCUT2D eigenvalue weighted by atomic mass is 10.1. The van der Waals surface area contributed by atoms with E-state index >= 15 is 0 Å². The summed E-state index contributed by atoms with van der Waals surface area (Å²) in [5.41, 5.74) is 1.23. The Labute approximate surface area is 160 Å². The second-order valence-electron chi connectivity index (χ2n) is 5.86. The van der Waals surface area contributed by atoms with Crippen LogP contribution in [0.5, 0.6) is 0 Å². The van der Waals surface area contributed by atoms with Crippen LogP contribution < -0.4 is 0 Å². The zero-order valence-electron chi connectivity index (χ0n) is 14.9. The molecule has 0 N–H and O–H groups in total. The molecule has 0 unspecified atom stereocenters. The molecule has 0 aliphatic heterocycles. The van der Waals surface area contributed by atoms with E-state index in [1.807, 2.05) is 18.2 Å². The average Bonchev–Trinajstić information content (AvgIpc) is 3.05. The molecule has 0 aliphatic rings. The van der Waals surface area contributed by atoms with Crippen molar-refractivity contribution >= 4 is 34.6 Å². The van der Waals surface area contributed by atoms with E-state index in [0.717, 1.165) is 5.39 Å². The fourth-order valence-electron chi connectivity index (χ4n) is 2.63. The minimum absolute atomic E-state index is 0.145. The molecule has 0 bridgehead atoms. The summed E-state index contributed by atoms with van der Waals surface area (Å²) in [7, 11) is 2.76. The minimum Gasteiger partial charge on any atom is -0.468 e. The molecule has 0 atom stereocenters. The Morgan fingerprint density at radius 1 is 1.15 bits per heavy atom. The van der Waals surface area contributed by atoms with Gasteiger partial charge in [0.25, 0.3) is 5.91 Å². The lowest BCUT2D eigenvalue weighted by molar-refractivity contribution is -0.141. The zero-order chi connectivity index (χ0) is 19.4. The van der Waals surface area contributed by atoms with Gasteiger partial charge in [-0.05, 0) is 18.2 Å². The van der Waals surface area contributed by atoms with Crippen LogP contribution in [-0.4, -0.2) is 37.5 Å². The molecule has 1 amide bonds. The number of ether oxygens (including phenoxy) is 1. The number of carbonyl (C=O) groups is 2. The van der Waals surface area contributed by atoms with Gasteiger partial charge in [-0.1, -0.05) is 30.3 Å². The summed E-state index contributed by atoms with van der Waals surface area (Å²) in [6, 6.07) is 13.8. The maximum absolute atomic E-state index is 13.9. The van der Waals surface area contributed by atoms with Gasteiger partial charge in [0.1, 0.15) is 17.9 Å². The Balaban J connectivity index is 1.93. The molecule has 7 heteroatoms. The van der Waals surface area contributed by atoms with Crippen LogP contribution >= 0.6 is 11.8 Å². The van der Waals surface area contributed by atoms with E-state index in [0.29, 0.717) is 21.8 Å². The zero-order valence-corrected chi connectivity index (χ0v) is 15.7. The van der Waals surface area contributed by atoms with Crippen molar-refractivity contribution < 1.29 is 23.1 Å². The number of benzene rings is 2. The number of para-hydroxylation sites is 1. The van der Waals surface area contributed by atoms with Crippen molar-refractivity contribution in [2.45, 2.75) is 10.6 Å². The molecule has 0 aliphatic carbocycles. The summed E-state index contributed by atoms with van der Waals surface area (Å²) >= 11 is 1.28. The third-order valence-corrected chi connectivity index (χ3v) is 5.12. The van der Waals surface area contributed by atoms with Gasteiger partial charge in [-0.3, -0.25) is 9.59 Å². The molecule has 0 fully saturated rings. The monoisotopic (exact) mass is 387 g/mol. The molecule has 1 heterocycles. The fraction of sp³-hybridized carbons (Fsp3) is 0.200. The number of amides is 1. The Morgan fingerprint density at radius 2 is 1.85 bits per heavy atom. The highest BCUT2D eigenvalue weighted by Gasteiger charge is 2.25. The van der Waals surface area contributed by atoms with Gasteiger partial charge in [0.2, 0.25) is 0 Å². The molecule has 0 saturated heterocycles. The summed E-state index contributed by atoms with van der Waals surface area (Å²) in [6.07, 6.45) is 0. The predicted molar refractivity (Wildman–Crippen MR) is 101 cm³/mol. The Kier molecular flexibility index (Phi) is 5.81. The molecular weight excluding hydrogens is 369 g/mol. The lowest BCUT2D eigenvalue weighted by Gasteiger charge is -2.15. The van der Waals surface area contributed by atoms with Gasteiger partial charge >= 0.3 is 5.97 Å². The van der Waals surface area contributed by atoms with Gasteiger partial charge in [-0.15, -0.1) is 11.8 Å². The molecule has 140 valence electrons. The van der Waals surface area contributed by atoms with E-state index in [-0.39, 0.29) is 18.1 Å². The first-order valence-corrected chi connectivity index (χ1v) is 9.20. The van der Waals surface area contributed by atoms with Gasteiger partial charge < -0.3 is 14.1 Å². The Bertz CT molecular complexity index is 985. The van der Waals surface area contributed by atoms with Crippen LogP contribution in [0.3, 0.4) is 0 Å². The van der Waals surface area contributed by atoms with E-state index < -0.39 is 11.9 Å². The van der Waals surface area contributed by atoms with E-state index in [1.165, 1.54) is 36.9 Å². The molecule has 0 radical (unpaired) electrons. The molecule has 0 spiro atoms. The number of fused-ring (bicyclic) bond motifs is 1. The molecule has 0 saturated carbocycles. The molecule has 1 aromatic heterocycles. The van der Waals surface area contributed by atoms with Crippen molar-refractivity contribution in [1.82, 2.24) is 4.90 Å². The van der Waals surface area contributed by atoms with Gasteiger partial charge in [0.15, 0.2) is 5.76 Å². The standard InChI is InChI=1S/C20H18FNO4S/c1-22(11-18(23)25-2)20(24)19-14(13-7-3-5-9-16(13)26-19)12-27-17-10-6-4-8-15(17)21/h3-10H,11-12H2,1-2H3. The number of carbonyl (C=O) groups excluding carboxylic acids is 2. The SMILES string of the molecule is COC(=O)CN(C)C(=O)c1oc2ccccc2c1CSc1ccccc1F. The number of hydrogen-bond donors (Lipinski definition) is 0. The molecular formula is C20H18FNO4S. The summed E-state index contributed by atoms with van der Waals surface area (Å²) < 4.78 is 24.3. The number of thioether (sulfide) groups is 1. The lowest BCUT2D eigenvalue weighted by Crippen LogP contribution is -2.32. The van der Waals surface area contributed by atoms with E-state index in [4.69, 9.17) is 4.42 Å². The normalized spacial score (nSPS) is 10.8. The van der Waals surface area contributed by atoms with Gasteiger partial charge in [0.05, 0.1) is 7.11 Å². The highest BCUT2D eigenvalue weighted by molar-refractivity contribution is 7.98. The number of furan rings is 1. The maximum atomic E-state index is 13.9. The predicted octanol–water partition coefficient (Wildman–Crippen LogP) is 4.11. The van der Waals surface area contributed by atoms with Crippen molar-refractivity contribution in [1.29, 1.82) is 0 Å². The molecule has 2 aromatic carbocycles. The second kappa shape index (κ2) is 8.26. The average molecular weight is 387 g/mol. The third kappa shape index (κ3) is 4.14. The highest BCUT2D eigenvalue weighted by Crippen LogP contribution is 2.33. The summed E-state index contributed by atoms with van der Waals surface area (Å²) in [5, 5.41) is 0.788. The van der Waals surface area contributed by atoms with Crippen LogP contribution in [0.15, 0.2) is 57.8 Å². The number of esters is 1. The Morgan fingerprint density at radius 3 is 2.59 bits per heavy atom. The van der Waals surface area contributed by atoms with Crippen molar-refractivity contribution in [3.05, 3.63) is 65.7 Å². The number of likely N-dealkylation sites (N-methyl/N-ethyl adjacent to an activating group) is 1. The van der Waals surface area contributed by atoms with Crippen LogP contribution in [0, 0.1) is 5.82 Å². The number of rotatable bonds is 6. The first-order chi connectivity index (χ1) is 13.0. The van der Waals surface area contributed by atoms with Crippen LogP contribution in [0.1, 0.15) is 16.1 Å². The van der Waals surface area contributed by atoms with E-state index in [9.17, 15) is 14.0 Å². The summed E-state index contributed by atoms with van der Waals surface area (Å²) in [5.74, 6) is -0.771. The maximum Gasteiger partial charge on any atom is 0.325 e.